The summed E-state index contributed by atoms with van der Waals surface area (Å²) in [6.45, 7) is 5.56. The fourth-order valence-electron chi connectivity index (χ4n) is 1.63. The van der Waals surface area contributed by atoms with Gasteiger partial charge in [0.25, 0.3) is 5.91 Å². The molecule has 2 N–H and O–H groups in total. The van der Waals surface area contributed by atoms with Crippen molar-refractivity contribution in [3.63, 3.8) is 0 Å². The Kier molecular flexibility index (Phi) is 4.89. The lowest BCUT2D eigenvalue weighted by molar-refractivity contribution is -0.140. The van der Waals surface area contributed by atoms with E-state index >= 15 is 0 Å². The molecule has 1 rings (SSSR count). The third-order valence-corrected chi connectivity index (χ3v) is 2.84. The highest BCUT2D eigenvalue weighted by molar-refractivity contribution is 5.96. The molecule has 0 aliphatic heterocycles. The molecular formula is C14H19NO3. The van der Waals surface area contributed by atoms with E-state index in [0.717, 1.165) is 12.0 Å². The molecule has 0 saturated heterocycles. The van der Waals surface area contributed by atoms with Gasteiger partial charge in [-0.15, -0.1) is 0 Å². The predicted molar refractivity (Wildman–Crippen MR) is 69.5 cm³/mol. The van der Waals surface area contributed by atoms with Gasteiger partial charge in [-0.3, -0.25) is 4.79 Å². The molecule has 1 aromatic carbocycles. The Morgan fingerprint density at radius 3 is 2.17 bits per heavy atom. The van der Waals surface area contributed by atoms with Crippen LogP contribution in [0.15, 0.2) is 24.3 Å². The lowest BCUT2D eigenvalue weighted by Crippen LogP contribution is -2.44. The van der Waals surface area contributed by atoms with E-state index in [1.165, 1.54) is 0 Å². The summed E-state index contributed by atoms with van der Waals surface area (Å²) in [6.07, 6.45) is 0.908. The Hall–Kier alpha value is -1.84. The lowest BCUT2D eigenvalue weighted by atomic mass is 10.0. The zero-order valence-electron chi connectivity index (χ0n) is 10.9. The second-order valence-electron chi connectivity index (χ2n) is 4.58. The van der Waals surface area contributed by atoms with Crippen molar-refractivity contribution in [2.45, 2.75) is 33.2 Å². The highest BCUT2D eigenvalue weighted by Gasteiger charge is 2.23. The minimum Gasteiger partial charge on any atom is -0.480 e. The topological polar surface area (TPSA) is 66.4 Å². The summed E-state index contributed by atoms with van der Waals surface area (Å²) in [5.74, 6) is -1.51. The molecule has 98 valence electrons. The van der Waals surface area contributed by atoms with Gasteiger partial charge in [-0.05, 0) is 30.0 Å². The monoisotopic (exact) mass is 249 g/mol. The Bertz CT molecular complexity index is 423. The number of rotatable bonds is 5. The zero-order chi connectivity index (χ0) is 13.7. The molecule has 1 aromatic rings. The first-order valence-electron chi connectivity index (χ1n) is 6.08. The van der Waals surface area contributed by atoms with Gasteiger partial charge in [-0.1, -0.05) is 32.9 Å². The second-order valence-corrected chi connectivity index (χ2v) is 4.58. The number of benzene rings is 1. The average Bonchev–Trinajstić information content (AvgIpc) is 2.35. The molecule has 0 fully saturated rings. The first-order chi connectivity index (χ1) is 8.45. The number of nitrogens with one attached hydrogen (secondary N) is 1. The van der Waals surface area contributed by atoms with Crippen molar-refractivity contribution in [3.8, 4) is 0 Å². The highest BCUT2D eigenvalue weighted by Crippen LogP contribution is 2.07. The summed E-state index contributed by atoms with van der Waals surface area (Å²) < 4.78 is 0. The van der Waals surface area contributed by atoms with Gasteiger partial charge in [0.1, 0.15) is 6.04 Å². The summed E-state index contributed by atoms with van der Waals surface area (Å²) in [4.78, 5) is 22.9. The van der Waals surface area contributed by atoms with Crippen molar-refractivity contribution in [2.24, 2.45) is 5.92 Å². The van der Waals surface area contributed by atoms with E-state index in [-0.39, 0.29) is 11.8 Å². The molecule has 1 atom stereocenters. The predicted octanol–water partition coefficient (Wildman–Crippen LogP) is 2.09. The number of hydrogen-bond donors (Lipinski definition) is 2. The number of carboxylic acid groups (broad SMARTS) is 1. The quantitative estimate of drug-likeness (QED) is 0.839. The van der Waals surface area contributed by atoms with Crippen molar-refractivity contribution >= 4 is 11.9 Å². The lowest BCUT2D eigenvalue weighted by Gasteiger charge is -2.17. The van der Waals surface area contributed by atoms with Crippen LogP contribution in [0.25, 0.3) is 0 Å². The fraction of sp³-hybridized carbons (Fsp3) is 0.429. The number of hydrogen-bond acceptors (Lipinski definition) is 2. The third-order valence-electron chi connectivity index (χ3n) is 2.84. The van der Waals surface area contributed by atoms with E-state index in [1.54, 1.807) is 26.0 Å². The van der Waals surface area contributed by atoms with Crippen molar-refractivity contribution in [2.75, 3.05) is 0 Å². The van der Waals surface area contributed by atoms with Crippen molar-refractivity contribution in [1.29, 1.82) is 0 Å². The molecule has 0 radical (unpaired) electrons. The van der Waals surface area contributed by atoms with Crippen LogP contribution in [0, 0.1) is 5.92 Å². The van der Waals surface area contributed by atoms with E-state index in [4.69, 9.17) is 5.11 Å². The number of carbonyl (C=O) groups excluding carboxylic acids is 1. The standard InChI is InChI=1S/C14H19NO3/c1-4-10-5-7-11(8-6-10)13(16)15-12(9(2)3)14(17)18/h5-9,12H,4H2,1-3H3,(H,15,16)(H,17,18)/t12-/m0/s1. The summed E-state index contributed by atoms with van der Waals surface area (Å²) in [6, 6.07) is 6.32. The molecule has 0 unspecified atom stereocenters. The highest BCUT2D eigenvalue weighted by atomic mass is 16.4. The fourth-order valence-corrected chi connectivity index (χ4v) is 1.63. The average molecular weight is 249 g/mol. The van der Waals surface area contributed by atoms with Crippen LogP contribution >= 0.6 is 0 Å². The number of carboxylic acids is 1. The molecule has 18 heavy (non-hydrogen) atoms. The first kappa shape index (κ1) is 14.2. The van der Waals surface area contributed by atoms with Crippen LogP contribution in [0.4, 0.5) is 0 Å². The van der Waals surface area contributed by atoms with Gasteiger partial charge >= 0.3 is 5.97 Å². The SMILES string of the molecule is CCc1ccc(C(=O)N[C@H](C(=O)O)C(C)C)cc1. The Morgan fingerprint density at radius 1 is 1.22 bits per heavy atom. The number of amides is 1. The van der Waals surface area contributed by atoms with Crippen LogP contribution in [0.5, 0.6) is 0 Å². The van der Waals surface area contributed by atoms with Crippen LogP contribution < -0.4 is 5.32 Å². The van der Waals surface area contributed by atoms with E-state index in [1.807, 2.05) is 19.1 Å². The van der Waals surface area contributed by atoms with E-state index < -0.39 is 12.0 Å². The van der Waals surface area contributed by atoms with Crippen LogP contribution in [0.3, 0.4) is 0 Å². The molecule has 4 heteroatoms. The molecule has 4 nitrogen and oxygen atoms in total. The summed E-state index contributed by atoms with van der Waals surface area (Å²) in [5.41, 5.74) is 1.63. The van der Waals surface area contributed by atoms with E-state index in [2.05, 4.69) is 5.32 Å². The smallest absolute Gasteiger partial charge is 0.326 e. The van der Waals surface area contributed by atoms with Crippen LogP contribution in [-0.2, 0) is 11.2 Å². The van der Waals surface area contributed by atoms with Gasteiger partial charge < -0.3 is 10.4 Å². The molecule has 1 amide bonds. The number of carbonyl (C=O) groups is 2. The van der Waals surface area contributed by atoms with Gasteiger partial charge in [-0.25, -0.2) is 4.79 Å². The van der Waals surface area contributed by atoms with Gasteiger partial charge in [0.15, 0.2) is 0 Å². The molecule has 0 aliphatic carbocycles. The maximum absolute atomic E-state index is 11.9. The maximum atomic E-state index is 11.9. The molecule has 0 saturated carbocycles. The molecule has 0 heterocycles. The van der Waals surface area contributed by atoms with Crippen LogP contribution in [0.2, 0.25) is 0 Å². The Morgan fingerprint density at radius 2 is 1.78 bits per heavy atom. The second kappa shape index (κ2) is 6.19. The van der Waals surface area contributed by atoms with Gasteiger partial charge in [0.2, 0.25) is 0 Å². The van der Waals surface area contributed by atoms with Gasteiger partial charge in [0.05, 0.1) is 0 Å². The van der Waals surface area contributed by atoms with Crippen molar-refractivity contribution in [3.05, 3.63) is 35.4 Å². The molecule has 0 bridgehead atoms. The minimum absolute atomic E-state index is 0.152. The van der Waals surface area contributed by atoms with E-state index in [0.29, 0.717) is 5.56 Å². The molecule has 0 aliphatic rings. The number of aryl methyl sites for hydroxylation is 1. The summed E-state index contributed by atoms with van der Waals surface area (Å²) in [7, 11) is 0. The zero-order valence-corrected chi connectivity index (χ0v) is 10.9. The van der Waals surface area contributed by atoms with Crippen molar-refractivity contribution < 1.29 is 14.7 Å². The van der Waals surface area contributed by atoms with Crippen molar-refractivity contribution in [1.82, 2.24) is 5.32 Å². The van der Waals surface area contributed by atoms with E-state index in [9.17, 15) is 9.59 Å². The molecule has 0 spiro atoms. The first-order valence-corrected chi connectivity index (χ1v) is 6.08. The van der Waals surface area contributed by atoms with Gasteiger partial charge in [-0.2, -0.15) is 0 Å². The van der Waals surface area contributed by atoms with Crippen LogP contribution in [-0.4, -0.2) is 23.0 Å². The Balaban J connectivity index is 2.77. The Labute approximate surface area is 107 Å². The third kappa shape index (κ3) is 3.58. The summed E-state index contributed by atoms with van der Waals surface area (Å²) >= 11 is 0. The maximum Gasteiger partial charge on any atom is 0.326 e. The largest absolute Gasteiger partial charge is 0.480 e. The van der Waals surface area contributed by atoms with Crippen LogP contribution in [0.1, 0.15) is 36.7 Å². The van der Waals surface area contributed by atoms with Gasteiger partial charge in [0, 0.05) is 5.56 Å². The minimum atomic E-state index is -1.01. The normalized spacial score (nSPS) is 12.2. The molecule has 0 aromatic heterocycles. The molecular weight excluding hydrogens is 230 g/mol. The number of aliphatic carboxylic acids is 1. The summed E-state index contributed by atoms with van der Waals surface area (Å²) in [5, 5.41) is 11.5.